The zero-order chi connectivity index (χ0) is 25.0. The molecule has 1 saturated heterocycles. The minimum absolute atomic E-state index is 0.0656. The molecule has 2 aromatic rings. The molecule has 1 fully saturated rings. The number of hydrogen-bond acceptors (Lipinski definition) is 5. The molecule has 2 aliphatic rings. The van der Waals surface area contributed by atoms with Crippen LogP contribution in [-0.4, -0.2) is 54.1 Å². The minimum atomic E-state index is -0.583. The van der Waals surface area contributed by atoms with Crippen molar-refractivity contribution in [1.29, 1.82) is 0 Å². The molecule has 3 amide bonds. The fourth-order valence-corrected chi connectivity index (χ4v) is 4.35. The topological polar surface area (TPSA) is 97.0 Å². The van der Waals surface area contributed by atoms with E-state index in [1.807, 2.05) is 49.9 Å². The number of carbonyl (C=O) groups is 3. The first-order chi connectivity index (χ1) is 16.7. The average molecular weight is 480 g/mol. The number of alkyl carbamates (subject to hydrolysis) is 1. The Balaban J connectivity index is 1.26. The van der Waals surface area contributed by atoms with Crippen LogP contribution in [0.4, 0.5) is 10.5 Å². The molecule has 0 radical (unpaired) electrons. The van der Waals surface area contributed by atoms with Gasteiger partial charge in [-0.05, 0) is 69.4 Å². The fraction of sp³-hybridized carbons (Fsp3) is 0.444. The second-order valence-electron chi connectivity index (χ2n) is 10.1. The maximum absolute atomic E-state index is 13.1. The van der Waals surface area contributed by atoms with Crippen LogP contribution in [0.5, 0.6) is 5.75 Å². The lowest BCUT2D eigenvalue weighted by molar-refractivity contribution is -0.122. The third-order valence-electron chi connectivity index (χ3n) is 6.15. The Bertz CT molecular complexity index is 1060. The number of nitrogens with zero attached hydrogens (tertiary/aromatic N) is 1. The van der Waals surface area contributed by atoms with Gasteiger partial charge in [0, 0.05) is 37.3 Å². The summed E-state index contributed by atoms with van der Waals surface area (Å²) in [4.78, 5) is 39.5. The molecule has 0 bridgehead atoms. The van der Waals surface area contributed by atoms with Gasteiger partial charge in [-0.25, -0.2) is 4.79 Å². The number of rotatable bonds is 5. The summed E-state index contributed by atoms with van der Waals surface area (Å²) in [6, 6.07) is 14.6. The van der Waals surface area contributed by atoms with E-state index < -0.39 is 17.8 Å². The molecule has 2 N–H and O–H groups in total. The number of amides is 3. The Labute approximate surface area is 206 Å². The number of piperidine rings is 1. The van der Waals surface area contributed by atoms with Crippen LogP contribution in [0.25, 0.3) is 0 Å². The molecule has 186 valence electrons. The van der Waals surface area contributed by atoms with E-state index in [1.165, 1.54) is 0 Å². The summed E-state index contributed by atoms with van der Waals surface area (Å²) in [6.07, 6.45) is 1.13. The SMILES string of the molecule is CC(C)(C)OC(=O)NCC1CCN(C(=O)c2cccc(NC(=O)C3Cc4ccccc4O3)c2)CC1. The number of carbonyl (C=O) groups excluding carboxylic acids is 3. The van der Waals surface area contributed by atoms with Gasteiger partial charge in [0.15, 0.2) is 6.10 Å². The van der Waals surface area contributed by atoms with Crippen LogP contribution < -0.4 is 15.4 Å². The van der Waals surface area contributed by atoms with Crippen LogP contribution >= 0.6 is 0 Å². The number of anilines is 1. The molecule has 8 heteroatoms. The lowest BCUT2D eigenvalue weighted by Crippen LogP contribution is -2.42. The van der Waals surface area contributed by atoms with Crippen LogP contribution in [0.15, 0.2) is 48.5 Å². The van der Waals surface area contributed by atoms with E-state index >= 15 is 0 Å². The van der Waals surface area contributed by atoms with Gasteiger partial charge in [0.1, 0.15) is 11.4 Å². The lowest BCUT2D eigenvalue weighted by atomic mass is 9.96. The van der Waals surface area contributed by atoms with Crippen LogP contribution in [0.3, 0.4) is 0 Å². The van der Waals surface area contributed by atoms with E-state index in [0.29, 0.717) is 43.2 Å². The Kier molecular flexibility index (Phi) is 7.28. The van der Waals surface area contributed by atoms with E-state index in [-0.39, 0.29) is 11.8 Å². The van der Waals surface area contributed by atoms with Crippen LogP contribution in [0, 0.1) is 5.92 Å². The van der Waals surface area contributed by atoms with Crippen molar-refractivity contribution in [3.8, 4) is 5.75 Å². The van der Waals surface area contributed by atoms with Crippen molar-refractivity contribution in [3.05, 3.63) is 59.7 Å². The number of nitrogens with one attached hydrogen (secondary N) is 2. The predicted molar refractivity (Wildman–Crippen MR) is 132 cm³/mol. The van der Waals surface area contributed by atoms with Crippen LogP contribution in [0.2, 0.25) is 0 Å². The number of likely N-dealkylation sites (tertiary alicyclic amines) is 1. The Morgan fingerprint density at radius 1 is 1.06 bits per heavy atom. The molecule has 2 heterocycles. The molecule has 8 nitrogen and oxygen atoms in total. The summed E-state index contributed by atoms with van der Waals surface area (Å²) < 4.78 is 11.0. The maximum atomic E-state index is 13.1. The molecule has 0 saturated carbocycles. The second kappa shape index (κ2) is 10.4. The molecule has 0 spiro atoms. The number of ether oxygens (including phenoxy) is 2. The smallest absolute Gasteiger partial charge is 0.407 e. The highest BCUT2D eigenvalue weighted by molar-refractivity contribution is 5.98. The Morgan fingerprint density at radius 3 is 2.51 bits per heavy atom. The summed E-state index contributed by atoms with van der Waals surface area (Å²) in [5, 5.41) is 5.70. The highest BCUT2D eigenvalue weighted by atomic mass is 16.6. The van der Waals surface area contributed by atoms with Crippen LogP contribution in [-0.2, 0) is 16.0 Å². The monoisotopic (exact) mass is 479 g/mol. The highest BCUT2D eigenvalue weighted by Gasteiger charge is 2.29. The molecule has 1 atom stereocenters. The molecule has 1 unspecified atom stereocenters. The van der Waals surface area contributed by atoms with Crippen molar-refractivity contribution in [2.24, 2.45) is 5.92 Å². The zero-order valence-corrected chi connectivity index (χ0v) is 20.5. The Morgan fingerprint density at radius 2 is 1.80 bits per heavy atom. The predicted octanol–water partition coefficient (Wildman–Crippen LogP) is 4.01. The molecule has 2 aliphatic heterocycles. The molecule has 2 aromatic carbocycles. The van der Waals surface area contributed by atoms with Gasteiger partial charge in [-0.2, -0.15) is 0 Å². The maximum Gasteiger partial charge on any atom is 0.407 e. The second-order valence-corrected chi connectivity index (χ2v) is 10.1. The molecule has 4 rings (SSSR count). The van der Waals surface area contributed by atoms with E-state index in [1.54, 1.807) is 24.3 Å². The first-order valence-corrected chi connectivity index (χ1v) is 12.1. The summed E-state index contributed by atoms with van der Waals surface area (Å²) in [6.45, 7) is 7.26. The summed E-state index contributed by atoms with van der Waals surface area (Å²) >= 11 is 0. The van der Waals surface area contributed by atoms with Gasteiger partial charge in [-0.1, -0.05) is 24.3 Å². The van der Waals surface area contributed by atoms with Crippen molar-refractivity contribution in [1.82, 2.24) is 10.2 Å². The normalized spacial score (nSPS) is 17.8. The molecule has 35 heavy (non-hydrogen) atoms. The van der Waals surface area contributed by atoms with Gasteiger partial charge in [0.25, 0.3) is 11.8 Å². The number of benzene rings is 2. The van der Waals surface area contributed by atoms with Crippen molar-refractivity contribution >= 4 is 23.6 Å². The first-order valence-electron chi connectivity index (χ1n) is 12.1. The fourth-order valence-electron chi connectivity index (χ4n) is 4.35. The van der Waals surface area contributed by atoms with E-state index in [0.717, 1.165) is 24.2 Å². The van der Waals surface area contributed by atoms with Crippen LogP contribution in [0.1, 0.15) is 49.5 Å². The minimum Gasteiger partial charge on any atom is -0.480 e. The number of fused-ring (bicyclic) bond motifs is 1. The number of para-hydroxylation sites is 1. The van der Waals surface area contributed by atoms with Gasteiger partial charge in [0.2, 0.25) is 0 Å². The van der Waals surface area contributed by atoms with E-state index in [2.05, 4.69) is 10.6 Å². The molecule has 0 aliphatic carbocycles. The largest absolute Gasteiger partial charge is 0.480 e. The van der Waals surface area contributed by atoms with Crippen molar-refractivity contribution < 1.29 is 23.9 Å². The quantitative estimate of drug-likeness (QED) is 0.676. The third-order valence-corrected chi connectivity index (χ3v) is 6.15. The lowest BCUT2D eigenvalue weighted by Gasteiger charge is -2.32. The van der Waals surface area contributed by atoms with E-state index in [4.69, 9.17) is 9.47 Å². The zero-order valence-electron chi connectivity index (χ0n) is 20.5. The summed E-state index contributed by atoms with van der Waals surface area (Å²) in [7, 11) is 0. The van der Waals surface area contributed by atoms with Crippen molar-refractivity contribution in [3.63, 3.8) is 0 Å². The number of hydrogen-bond donors (Lipinski definition) is 2. The Hall–Kier alpha value is -3.55. The van der Waals surface area contributed by atoms with E-state index in [9.17, 15) is 14.4 Å². The summed E-state index contributed by atoms with van der Waals surface area (Å²) in [5.74, 6) is 0.738. The van der Waals surface area contributed by atoms with Crippen molar-refractivity contribution in [2.75, 3.05) is 25.0 Å². The van der Waals surface area contributed by atoms with Gasteiger partial charge in [-0.3, -0.25) is 9.59 Å². The van der Waals surface area contributed by atoms with Gasteiger partial charge in [-0.15, -0.1) is 0 Å². The third kappa shape index (κ3) is 6.53. The molecule has 0 aromatic heterocycles. The first kappa shape index (κ1) is 24.6. The summed E-state index contributed by atoms with van der Waals surface area (Å²) in [5.41, 5.74) is 1.59. The van der Waals surface area contributed by atoms with Crippen molar-refractivity contribution in [2.45, 2.75) is 51.7 Å². The van der Waals surface area contributed by atoms with Gasteiger partial charge >= 0.3 is 6.09 Å². The highest BCUT2D eigenvalue weighted by Crippen LogP contribution is 2.29. The molecular weight excluding hydrogens is 446 g/mol. The van der Waals surface area contributed by atoms with Gasteiger partial charge < -0.3 is 25.0 Å². The van der Waals surface area contributed by atoms with Gasteiger partial charge in [0.05, 0.1) is 0 Å². The average Bonchev–Trinajstić information content (AvgIpc) is 3.26. The standard InChI is InChI=1S/C27H33N3O5/c1-27(2,3)35-26(33)28-17-18-11-13-30(14-12-18)25(32)20-8-6-9-21(15-20)29-24(31)23-16-19-7-4-5-10-22(19)34-23/h4-10,15,18,23H,11-14,16-17H2,1-3H3,(H,28,33)(H,29,31). The molecular formula is C27H33N3O5.